The Bertz CT molecular complexity index is 1190. The number of hydrogen-bond donors (Lipinski definition) is 0. The van der Waals surface area contributed by atoms with Crippen molar-refractivity contribution in [2.45, 2.75) is 64.0 Å². The van der Waals surface area contributed by atoms with Gasteiger partial charge in [-0.2, -0.15) is 5.26 Å². The first kappa shape index (κ1) is 23.3. The van der Waals surface area contributed by atoms with Gasteiger partial charge in [0.25, 0.3) is 0 Å². The van der Waals surface area contributed by atoms with Gasteiger partial charge in [-0.1, -0.05) is 6.58 Å². The summed E-state index contributed by atoms with van der Waals surface area (Å²) < 4.78 is 5.70. The van der Waals surface area contributed by atoms with Gasteiger partial charge in [0.2, 0.25) is 0 Å². The van der Waals surface area contributed by atoms with Crippen molar-refractivity contribution in [1.29, 1.82) is 5.26 Å². The van der Waals surface area contributed by atoms with Crippen LogP contribution in [-0.4, -0.2) is 52.2 Å². The lowest BCUT2D eigenvalue weighted by Gasteiger charge is -2.42. The molecule has 7 heteroatoms. The van der Waals surface area contributed by atoms with Gasteiger partial charge in [0, 0.05) is 37.3 Å². The Hall–Kier alpha value is -3.40. The maximum absolute atomic E-state index is 12.9. The summed E-state index contributed by atoms with van der Waals surface area (Å²) in [5.74, 6) is 1.64. The average Bonchev–Trinajstić information content (AvgIpc) is 3.75. The van der Waals surface area contributed by atoms with Crippen molar-refractivity contribution >= 4 is 18.0 Å². The van der Waals surface area contributed by atoms with Crippen molar-refractivity contribution in [3.63, 3.8) is 0 Å². The number of rotatable bonds is 5. The fourth-order valence-electron chi connectivity index (χ4n) is 4.90. The highest BCUT2D eigenvalue weighted by molar-refractivity contribution is 5.74. The molecule has 0 N–H and O–H groups in total. The lowest BCUT2D eigenvalue weighted by atomic mass is 9.99. The van der Waals surface area contributed by atoms with E-state index in [1.807, 2.05) is 43.9 Å². The van der Waals surface area contributed by atoms with Crippen LogP contribution in [0.1, 0.15) is 69.3 Å². The molecule has 1 saturated heterocycles. The Labute approximate surface area is 207 Å². The van der Waals surface area contributed by atoms with Crippen LogP contribution in [0.2, 0.25) is 0 Å². The van der Waals surface area contributed by atoms with Crippen molar-refractivity contribution in [3.05, 3.63) is 47.9 Å². The Kier molecular flexibility index (Phi) is 6.00. The summed E-state index contributed by atoms with van der Waals surface area (Å²) in [5, 5.41) is 10.1. The van der Waals surface area contributed by atoms with Gasteiger partial charge in [0.05, 0.1) is 23.0 Å². The van der Waals surface area contributed by atoms with Crippen LogP contribution in [0.5, 0.6) is 0 Å². The minimum Gasteiger partial charge on any atom is -0.444 e. The predicted molar refractivity (Wildman–Crippen MR) is 136 cm³/mol. The number of hydrogen-bond acceptors (Lipinski definition) is 6. The number of aromatic nitrogens is 2. The highest BCUT2D eigenvalue weighted by Gasteiger charge is 2.43. The van der Waals surface area contributed by atoms with Crippen LogP contribution in [0.3, 0.4) is 0 Å². The van der Waals surface area contributed by atoms with E-state index < -0.39 is 5.60 Å². The molecule has 2 aliphatic carbocycles. The van der Waals surface area contributed by atoms with E-state index in [1.54, 1.807) is 12.3 Å². The number of piperazine rings is 1. The minimum absolute atomic E-state index is 0.0753. The molecular formula is C28H33N5O2. The molecule has 1 aliphatic heterocycles. The van der Waals surface area contributed by atoms with E-state index in [2.05, 4.69) is 22.5 Å². The number of anilines is 1. The van der Waals surface area contributed by atoms with Crippen LogP contribution in [-0.2, 0) is 4.74 Å². The van der Waals surface area contributed by atoms with E-state index in [4.69, 9.17) is 9.72 Å². The van der Waals surface area contributed by atoms with Gasteiger partial charge in [0.1, 0.15) is 17.5 Å². The number of carbonyl (C=O) groups excluding carboxylic acids is 1. The third-order valence-electron chi connectivity index (χ3n) is 6.93. The van der Waals surface area contributed by atoms with Crippen LogP contribution < -0.4 is 4.90 Å². The highest BCUT2D eigenvalue weighted by Crippen LogP contribution is 2.45. The molecule has 1 unspecified atom stereocenters. The molecule has 1 atom stereocenters. The first-order valence-corrected chi connectivity index (χ1v) is 12.6. The zero-order chi connectivity index (χ0) is 24.7. The predicted octanol–water partition coefficient (Wildman–Crippen LogP) is 5.37. The topological polar surface area (TPSA) is 82.4 Å². The Morgan fingerprint density at radius 1 is 1.23 bits per heavy atom. The third kappa shape index (κ3) is 5.02. The van der Waals surface area contributed by atoms with Crippen molar-refractivity contribution in [1.82, 2.24) is 14.9 Å². The molecule has 0 spiro atoms. The summed E-state index contributed by atoms with van der Waals surface area (Å²) in [4.78, 5) is 26.5. The van der Waals surface area contributed by atoms with Gasteiger partial charge in [-0.25, -0.2) is 9.78 Å². The number of amides is 1. The number of nitriles is 1. The summed E-state index contributed by atoms with van der Waals surface area (Å²) in [6.07, 6.45) is 7.73. The lowest BCUT2D eigenvalue weighted by molar-refractivity contribution is 0.0116. The first-order valence-electron chi connectivity index (χ1n) is 12.6. The molecule has 2 aromatic heterocycles. The molecule has 0 aromatic carbocycles. The van der Waals surface area contributed by atoms with Gasteiger partial charge >= 0.3 is 6.09 Å². The smallest absolute Gasteiger partial charge is 0.410 e. The summed E-state index contributed by atoms with van der Waals surface area (Å²) in [7, 11) is 0. The van der Waals surface area contributed by atoms with E-state index >= 15 is 0 Å². The second-order valence-electron chi connectivity index (χ2n) is 10.9. The molecule has 0 bridgehead atoms. The molecule has 0 radical (unpaired) electrons. The fraction of sp³-hybridized carbons (Fsp3) is 0.500. The van der Waals surface area contributed by atoms with E-state index in [0.717, 1.165) is 54.0 Å². The van der Waals surface area contributed by atoms with Crippen molar-refractivity contribution in [3.8, 4) is 17.2 Å². The van der Waals surface area contributed by atoms with Gasteiger partial charge in [-0.3, -0.25) is 4.98 Å². The van der Waals surface area contributed by atoms with E-state index in [9.17, 15) is 10.1 Å². The number of carbonyl (C=O) groups is 1. The number of pyridine rings is 2. The Morgan fingerprint density at radius 2 is 2.00 bits per heavy atom. The molecule has 2 aromatic rings. The van der Waals surface area contributed by atoms with Crippen LogP contribution in [0.4, 0.5) is 10.6 Å². The van der Waals surface area contributed by atoms with E-state index in [0.29, 0.717) is 37.0 Å². The molecule has 7 nitrogen and oxygen atoms in total. The summed E-state index contributed by atoms with van der Waals surface area (Å²) >= 11 is 0. The first-order chi connectivity index (χ1) is 16.8. The van der Waals surface area contributed by atoms with Crippen molar-refractivity contribution < 1.29 is 9.53 Å². The lowest BCUT2D eigenvalue weighted by Crippen LogP contribution is -2.57. The quantitative estimate of drug-likeness (QED) is 0.583. The van der Waals surface area contributed by atoms with Crippen LogP contribution in [0.25, 0.3) is 17.2 Å². The third-order valence-corrected chi connectivity index (χ3v) is 6.93. The van der Waals surface area contributed by atoms with E-state index in [-0.39, 0.29) is 12.1 Å². The van der Waals surface area contributed by atoms with Gasteiger partial charge in [0.15, 0.2) is 0 Å². The molecule has 3 fully saturated rings. The second kappa shape index (κ2) is 8.99. The molecule has 2 saturated carbocycles. The van der Waals surface area contributed by atoms with Gasteiger partial charge < -0.3 is 14.5 Å². The molecule has 3 heterocycles. The summed E-state index contributed by atoms with van der Waals surface area (Å²) in [5.41, 5.74) is 3.92. The van der Waals surface area contributed by atoms with Crippen LogP contribution in [0, 0.1) is 17.2 Å². The van der Waals surface area contributed by atoms with Gasteiger partial charge in [-0.05, 0) is 82.2 Å². The summed E-state index contributed by atoms with van der Waals surface area (Å²) in [6, 6.07) is 8.43. The molecular weight excluding hydrogens is 438 g/mol. The molecule has 5 rings (SSSR count). The average molecular weight is 472 g/mol. The Morgan fingerprint density at radius 3 is 2.63 bits per heavy atom. The molecule has 182 valence electrons. The van der Waals surface area contributed by atoms with Gasteiger partial charge in [-0.15, -0.1) is 0 Å². The maximum Gasteiger partial charge on any atom is 0.410 e. The number of ether oxygens (including phenoxy) is 1. The van der Waals surface area contributed by atoms with Crippen LogP contribution in [0.15, 0.2) is 31.0 Å². The molecule has 3 aliphatic rings. The highest BCUT2D eigenvalue weighted by atomic mass is 16.6. The Balaban J connectivity index is 1.47. The second-order valence-corrected chi connectivity index (χ2v) is 10.9. The van der Waals surface area contributed by atoms with E-state index in [1.165, 1.54) is 0 Å². The monoisotopic (exact) mass is 471 g/mol. The largest absolute Gasteiger partial charge is 0.444 e. The minimum atomic E-state index is -0.523. The standard InChI is InChI=1S/C28H33N5O2/c1-5-22-14-20(10-11-30-22)23-15-21(16-29)26(31-25(23)19-8-9-19)32-12-13-33(24(17-32)18-6-7-18)27(34)35-28(2,3)4/h5,10-11,14-15,18-19,24H,1,6-9,12-13,17H2,2-4H3. The zero-order valence-corrected chi connectivity index (χ0v) is 20.8. The number of nitrogens with zero attached hydrogens (tertiary/aromatic N) is 5. The molecule has 35 heavy (non-hydrogen) atoms. The van der Waals surface area contributed by atoms with Crippen molar-refractivity contribution in [2.24, 2.45) is 5.92 Å². The zero-order valence-electron chi connectivity index (χ0n) is 20.8. The molecule has 1 amide bonds. The fourth-order valence-corrected chi connectivity index (χ4v) is 4.90. The van der Waals surface area contributed by atoms with Crippen LogP contribution >= 0.6 is 0 Å². The summed E-state index contributed by atoms with van der Waals surface area (Å²) in [6.45, 7) is 11.4. The maximum atomic E-state index is 12.9. The van der Waals surface area contributed by atoms with Crippen molar-refractivity contribution in [2.75, 3.05) is 24.5 Å². The normalized spacial score (nSPS) is 20.3. The SMILES string of the molecule is C=Cc1cc(-c2cc(C#N)c(N3CCN(C(=O)OC(C)(C)C)C(C4CC4)C3)nc2C2CC2)ccn1.